The molecule has 7 heteroatoms. The first-order valence-electron chi connectivity index (χ1n) is 5.18. The van der Waals surface area contributed by atoms with E-state index in [0.717, 1.165) is 0 Å². The summed E-state index contributed by atoms with van der Waals surface area (Å²) in [6.07, 6.45) is 0.610. The third-order valence-electron chi connectivity index (χ3n) is 2.30. The van der Waals surface area contributed by atoms with Crippen molar-refractivity contribution in [1.82, 2.24) is 9.78 Å². The van der Waals surface area contributed by atoms with Crippen molar-refractivity contribution >= 4 is 17.9 Å². The molecule has 0 amide bonds. The van der Waals surface area contributed by atoms with Gasteiger partial charge in [-0.05, 0) is 19.1 Å². The van der Waals surface area contributed by atoms with Gasteiger partial charge in [0.15, 0.2) is 0 Å². The van der Waals surface area contributed by atoms with E-state index in [1.165, 1.54) is 4.68 Å². The number of carboxylic acid groups (broad SMARTS) is 1. The Bertz CT molecular complexity index is 608. The fourth-order valence-corrected chi connectivity index (χ4v) is 1.52. The Kier molecular flexibility index (Phi) is 5.29. The number of carboxylic acids is 1. The monoisotopic (exact) mass is 267 g/mol. The minimum Gasteiger partial charge on any atom is -0.544 e. The van der Waals surface area contributed by atoms with E-state index in [2.05, 4.69) is 10.1 Å². The van der Waals surface area contributed by atoms with Crippen molar-refractivity contribution in [1.29, 1.82) is 0 Å². The first kappa shape index (κ1) is 15.4. The van der Waals surface area contributed by atoms with Crippen LogP contribution in [0, 0.1) is 6.92 Å². The minimum absolute atomic E-state index is 0. The van der Waals surface area contributed by atoms with Crippen molar-refractivity contribution in [2.75, 3.05) is 0 Å². The van der Waals surface area contributed by atoms with Crippen molar-refractivity contribution in [2.24, 2.45) is 4.99 Å². The number of hydrogen-bond acceptors (Lipinski definition) is 5. The molecule has 0 atom stereocenters. The molecule has 0 aliphatic carbocycles. The van der Waals surface area contributed by atoms with E-state index >= 15 is 0 Å². The Morgan fingerprint density at radius 3 is 2.63 bits per heavy atom. The molecule has 1 aromatic heterocycles. The van der Waals surface area contributed by atoms with Gasteiger partial charge in [0, 0.05) is 0 Å². The van der Waals surface area contributed by atoms with Gasteiger partial charge in [0.25, 0.3) is 0 Å². The molecule has 0 saturated heterocycles. The van der Waals surface area contributed by atoms with E-state index in [1.807, 2.05) is 6.07 Å². The van der Waals surface area contributed by atoms with Gasteiger partial charge < -0.3 is 15.0 Å². The standard InChI is InChI=1S/C12H11N3O3.Na/c1-8-11(13-7-10(16)17)12(18)15(14-8)9-5-3-2-4-6-9;/h2-7,18H,1H3,(H,16,17);/q;+1/p-1/b13-7+;. The van der Waals surface area contributed by atoms with E-state index in [9.17, 15) is 15.0 Å². The summed E-state index contributed by atoms with van der Waals surface area (Å²) in [6.45, 7) is 1.63. The van der Waals surface area contributed by atoms with E-state index in [0.29, 0.717) is 17.6 Å². The van der Waals surface area contributed by atoms with Crippen molar-refractivity contribution in [3.05, 3.63) is 36.0 Å². The van der Waals surface area contributed by atoms with Gasteiger partial charge in [-0.25, -0.2) is 4.99 Å². The number of carbonyl (C=O) groups is 1. The Hall–Kier alpha value is -1.63. The summed E-state index contributed by atoms with van der Waals surface area (Å²) in [5.74, 6) is -1.64. The van der Waals surface area contributed by atoms with Crippen LogP contribution in [0.4, 0.5) is 5.69 Å². The minimum atomic E-state index is -1.43. The summed E-state index contributed by atoms with van der Waals surface area (Å²) < 4.78 is 1.29. The summed E-state index contributed by atoms with van der Waals surface area (Å²) in [4.78, 5) is 13.9. The zero-order valence-corrected chi connectivity index (χ0v) is 12.6. The molecule has 0 spiro atoms. The molecule has 0 unspecified atom stereocenters. The second-order valence-electron chi connectivity index (χ2n) is 3.58. The van der Waals surface area contributed by atoms with Crippen LogP contribution >= 0.6 is 0 Å². The van der Waals surface area contributed by atoms with Gasteiger partial charge in [0.2, 0.25) is 5.88 Å². The molecule has 2 rings (SSSR count). The summed E-state index contributed by atoms with van der Waals surface area (Å²) in [5, 5.41) is 24.4. The quantitative estimate of drug-likeness (QED) is 0.485. The van der Waals surface area contributed by atoms with Crippen molar-refractivity contribution in [3.8, 4) is 11.6 Å². The predicted molar refractivity (Wildman–Crippen MR) is 63.1 cm³/mol. The number of rotatable bonds is 3. The number of aliphatic carboxylic acids is 1. The third kappa shape index (κ3) is 3.44. The Morgan fingerprint density at radius 1 is 1.42 bits per heavy atom. The number of para-hydroxylation sites is 1. The SMILES string of the molecule is Cc1nn(-c2ccccc2)c(O)c1/N=C/C(=O)[O-].[Na+]. The predicted octanol–water partition coefficient (Wildman–Crippen LogP) is -2.66. The molecule has 6 nitrogen and oxygen atoms in total. The van der Waals surface area contributed by atoms with Crippen LogP contribution in [0.3, 0.4) is 0 Å². The van der Waals surface area contributed by atoms with Crippen LogP contribution in [0.2, 0.25) is 0 Å². The maximum atomic E-state index is 10.3. The number of benzene rings is 1. The molecule has 1 aromatic carbocycles. The van der Waals surface area contributed by atoms with Crippen LogP contribution in [-0.2, 0) is 4.79 Å². The van der Waals surface area contributed by atoms with E-state index in [-0.39, 0.29) is 41.1 Å². The molecule has 1 heterocycles. The maximum absolute atomic E-state index is 10.3. The topological polar surface area (TPSA) is 90.5 Å². The largest absolute Gasteiger partial charge is 1.00 e. The molecule has 92 valence electrons. The fraction of sp³-hybridized carbons (Fsp3) is 0.0833. The first-order valence-corrected chi connectivity index (χ1v) is 5.18. The maximum Gasteiger partial charge on any atom is 1.00 e. The molecule has 0 radical (unpaired) electrons. The number of hydrogen-bond donors (Lipinski definition) is 1. The van der Waals surface area contributed by atoms with Gasteiger partial charge in [-0.2, -0.15) is 9.78 Å². The summed E-state index contributed by atoms with van der Waals surface area (Å²) in [6, 6.07) is 8.97. The van der Waals surface area contributed by atoms with Gasteiger partial charge in [0.05, 0.1) is 23.6 Å². The van der Waals surface area contributed by atoms with Crippen LogP contribution in [0.5, 0.6) is 5.88 Å². The number of carbonyl (C=O) groups excluding carboxylic acids is 1. The molecule has 0 saturated carbocycles. The first-order chi connectivity index (χ1) is 8.59. The number of nitrogens with zero attached hydrogens (tertiary/aromatic N) is 3. The number of aromatic hydroxyl groups is 1. The van der Waals surface area contributed by atoms with Crippen LogP contribution in [-0.4, -0.2) is 27.1 Å². The molecular weight excluding hydrogens is 257 g/mol. The molecule has 0 fully saturated rings. The average Bonchev–Trinajstić information content (AvgIpc) is 2.63. The molecular formula is C12H10N3NaO3. The second kappa shape index (κ2) is 6.51. The van der Waals surface area contributed by atoms with Crippen LogP contribution in [0.1, 0.15) is 5.69 Å². The Balaban J connectivity index is 0.00000180. The Morgan fingerprint density at radius 2 is 2.05 bits per heavy atom. The normalized spacial score (nSPS) is 10.4. The summed E-state index contributed by atoms with van der Waals surface area (Å²) in [5.41, 5.74) is 1.20. The molecule has 2 aromatic rings. The smallest absolute Gasteiger partial charge is 0.544 e. The van der Waals surface area contributed by atoms with Gasteiger partial charge in [0.1, 0.15) is 5.69 Å². The second-order valence-corrected chi connectivity index (χ2v) is 3.58. The number of aromatic nitrogens is 2. The summed E-state index contributed by atoms with van der Waals surface area (Å²) in [7, 11) is 0. The van der Waals surface area contributed by atoms with Crippen molar-refractivity contribution in [2.45, 2.75) is 6.92 Å². The van der Waals surface area contributed by atoms with Crippen LogP contribution < -0.4 is 34.7 Å². The van der Waals surface area contributed by atoms with E-state index in [1.54, 1.807) is 31.2 Å². The van der Waals surface area contributed by atoms with Crippen LogP contribution in [0.15, 0.2) is 35.3 Å². The van der Waals surface area contributed by atoms with Gasteiger partial charge >= 0.3 is 29.6 Å². The van der Waals surface area contributed by atoms with Gasteiger partial charge in [-0.3, -0.25) is 0 Å². The third-order valence-corrected chi connectivity index (χ3v) is 2.30. The zero-order valence-electron chi connectivity index (χ0n) is 10.6. The Labute approximate surface area is 131 Å². The van der Waals surface area contributed by atoms with Gasteiger partial charge in [-0.1, -0.05) is 18.2 Å². The molecule has 0 aliphatic heterocycles. The molecule has 1 N–H and O–H groups in total. The van der Waals surface area contributed by atoms with Crippen molar-refractivity contribution in [3.63, 3.8) is 0 Å². The molecule has 19 heavy (non-hydrogen) atoms. The molecule has 0 aliphatic rings. The zero-order chi connectivity index (χ0) is 13.1. The van der Waals surface area contributed by atoms with Crippen LogP contribution in [0.25, 0.3) is 5.69 Å². The molecule has 0 bridgehead atoms. The number of aliphatic imine (C=N–C) groups is 1. The fourth-order valence-electron chi connectivity index (χ4n) is 1.52. The summed E-state index contributed by atoms with van der Waals surface area (Å²) >= 11 is 0. The van der Waals surface area contributed by atoms with E-state index in [4.69, 9.17) is 0 Å². The van der Waals surface area contributed by atoms with Crippen molar-refractivity contribution < 1.29 is 44.6 Å². The van der Waals surface area contributed by atoms with E-state index < -0.39 is 5.97 Å². The number of aryl methyl sites for hydroxylation is 1. The average molecular weight is 267 g/mol. The van der Waals surface area contributed by atoms with Gasteiger partial charge in [-0.15, -0.1) is 0 Å².